The number of aliphatic hydroxyl groups excluding tert-OH is 1. The zero-order valence-corrected chi connectivity index (χ0v) is 12.5. The van der Waals surface area contributed by atoms with Gasteiger partial charge in [-0.3, -0.25) is 0 Å². The van der Waals surface area contributed by atoms with E-state index in [9.17, 15) is 5.11 Å². The van der Waals surface area contributed by atoms with Crippen LogP contribution in [0.15, 0.2) is 36.9 Å². The molecular formula is C14H15Cl2N3O. The molecule has 0 aliphatic carbocycles. The number of benzene rings is 1. The zero-order valence-electron chi connectivity index (χ0n) is 11.0. The maximum atomic E-state index is 10.6. The summed E-state index contributed by atoms with van der Waals surface area (Å²) in [6.45, 7) is 2.07. The molecule has 1 N–H and O–H groups in total. The summed E-state index contributed by atoms with van der Waals surface area (Å²) in [7, 11) is 0. The second kappa shape index (κ2) is 6.88. The van der Waals surface area contributed by atoms with Crippen molar-refractivity contribution in [2.45, 2.75) is 25.9 Å². The molecule has 0 saturated carbocycles. The van der Waals surface area contributed by atoms with Gasteiger partial charge in [-0.1, -0.05) is 48.7 Å². The molecule has 106 valence electrons. The van der Waals surface area contributed by atoms with Crippen molar-refractivity contribution in [3.05, 3.63) is 52.5 Å². The zero-order chi connectivity index (χ0) is 14.5. The van der Waals surface area contributed by atoms with Crippen molar-refractivity contribution in [1.82, 2.24) is 14.8 Å². The third kappa shape index (κ3) is 3.39. The molecule has 6 heteroatoms. The van der Waals surface area contributed by atoms with E-state index < -0.39 is 6.10 Å². The van der Waals surface area contributed by atoms with Gasteiger partial charge < -0.3 is 5.11 Å². The van der Waals surface area contributed by atoms with Gasteiger partial charge in [-0.15, -0.1) is 0 Å². The van der Waals surface area contributed by atoms with Crippen molar-refractivity contribution in [2.75, 3.05) is 0 Å². The Morgan fingerprint density at radius 1 is 1.45 bits per heavy atom. The Hall–Kier alpha value is -1.36. The summed E-state index contributed by atoms with van der Waals surface area (Å²) >= 11 is 12.0. The van der Waals surface area contributed by atoms with Crippen molar-refractivity contribution >= 4 is 28.9 Å². The van der Waals surface area contributed by atoms with Crippen molar-refractivity contribution in [2.24, 2.45) is 0 Å². The molecule has 2 aromatic rings. The van der Waals surface area contributed by atoms with E-state index in [0.29, 0.717) is 21.3 Å². The molecule has 1 heterocycles. The molecule has 0 spiro atoms. The second-order valence-electron chi connectivity index (χ2n) is 4.33. The van der Waals surface area contributed by atoms with Crippen LogP contribution >= 0.6 is 23.2 Å². The Morgan fingerprint density at radius 2 is 2.25 bits per heavy atom. The molecule has 0 aliphatic rings. The molecule has 2 rings (SSSR count). The fraction of sp³-hybridized carbons (Fsp3) is 0.286. The Balaban J connectivity index is 2.38. The van der Waals surface area contributed by atoms with Crippen LogP contribution in [0.2, 0.25) is 10.0 Å². The number of halogens is 2. The van der Waals surface area contributed by atoms with Gasteiger partial charge >= 0.3 is 0 Å². The average molecular weight is 312 g/mol. The lowest BCUT2D eigenvalue weighted by Gasteiger charge is -2.17. The van der Waals surface area contributed by atoms with E-state index in [0.717, 1.165) is 12.8 Å². The minimum atomic E-state index is -0.881. The van der Waals surface area contributed by atoms with Gasteiger partial charge in [0, 0.05) is 15.6 Å². The first-order valence-corrected chi connectivity index (χ1v) is 7.07. The number of allylic oxidation sites excluding steroid dienone is 1. The largest absolute Gasteiger partial charge is 0.382 e. The Kier molecular flexibility index (Phi) is 5.17. The smallest absolute Gasteiger partial charge is 0.138 e. The fourth-order valence-electron chi connectivity index (χ4n) is 1.85. The van der Waals surface area contributed by atoms with Crippen molar-refractivity contribution in [3.8, 4) is 0 Å². The van der Waals surface area contributed by atoms with Crippen LogP contribution in [-0.2, 0) is 0 Å². The van der Waals surface area contributed by atoms with E-state index in [1.807, 2.05) is 6.08 Å². The van der Waals surface area contributed by atoms with E-state index >= 15 is 0 Å². The highest BCUT2D eigenvalue weighted by atomic mass is 35.5. The van der Waals surface area contributed by atoms with Gasteiger partial charge in [0.1, 0.15) is 18.8 Å². The van der Waals surface area contributed by atoms with Gasteiger partial charge in [0.05, 0.1) is 5.70 Å². The number of aromatic nitrogens is 3. The van der Waals surface area contributed by atoms with Crippen LogP contribution in [-0.4, -0.2) is 19.9 Å². The molecule has 20 heavy (non-hydrogen) atoms. The van der Waals surface area contributed by atoms with E-state index in [2.05, 4.69) is 17.0 Å². The highest BCUT2D eigenvalue weighted by Gasteiger charge is 2.18. The molecule has 0 radical (unpaired) electrons. The fourth-order valence-corrected chi connectivity index (χ4v) is 2.36. The summed E-state index contributed by atoms with van der Waals surface area (Å²) in [5, 5.41) is 15.6. The van der Waals surface area contributed by atoms with Gasteiger partial charge in [0.15, 0.2) is 0 Å². The number of unbranched alkanes of at least 4 members (excludes halogenated alkanes) is 1. The lowest BCUT2D eigenvalue weighted by atomic mass is 10.1. The molecular weight excluding hydrogens is 297 g/mol. The molecule has 0 amide bonds. The van der Waals surface area contributed by atoms with Gasteiger partial charge in [-0.25, -0.2) is 9.67 Å². The van der Waals surface area contributed by atoms with Crippen LogP contribution in [0, 0.1) is 0 Å². The van der Waals surface area contributed by atoms with Gasteiger partial charge in [-0.05, 0) is 18.6 Å². The number of aliphatic hydroxyl groups is 1. The molecule has 0 unspecified atom stereocenters. The normalized spacial score (nSPS) is 13.5. The summed E-state index contributed by atoms with van der Waals surface area (Å²) in [4.78, 5) is 3.91. The van der Waals surface area contributed by atoms with E-state index in [4.69, 9.17) is 23.2 Å². The van der Waals surface area contributed by atoms with Crippen LogP contribution in [0.25, 0.3) is 5.70 Å². The van der Waals surface area contributed by atoms with Gasteiger partial charge in [0.2, 0.25) is 0 Å². The van der Waals surface area contributed by atoms with E-state index in [1.165, 1.54) is 6.33 Å². The first kappa shape index (κ1) is 15.0. The Morgan fingerprint density at radius 3 is 2.85 bits per heavy atom. The SMILES string of the molecule is CCC/C=C(\[C@@H](O)c1ccc(Cl)cc1Cl)n1cncn1. The first-order valence-electron chi connectivity index (χ1n) is 6.31. The monoisotopic (exact) mass is 311 g/mol. The number of hydrogen-bond donors (Lipinski definition) is 1. The summed E-state index contributed by atoms with van der Waals surface area (Å²) in [5.74, 6) is 0. The first-order chi connectivity index (χ1) is 9.63. The minimum Gasteiger partial charge on any atom is -0.382 e. The maximum absolute atomic E-state index is 10.6. The lowest BCUT2D eigenvalue weighted by molar-refractivity contribution is 0.230. The topological polar surface area (TPSA) is 50.9 Å². The van der Waals surface area contributed by atoms with Crippen LogP contribution < -0.4 is 0 Å². The highest BCUT2D eigenvalue weighted by Crippen LogP contribution is 2.32. The summed E-state index contributed by atoms with van der Waals surface area (Å²) in [5.41, 5.74) is 1.22. The Bertz CT molecular complexity index is 596. The van der Waals surface area contributed by atoms with Crippen molar-refractivity contribution < 1.29 is 5.11 Å². The molecule has 4 nitrogen and oxygen atoms in total. The number of rotatable bonds is 5. The number of hydrogen-bond acceptors (Lipinski definition) is 3. The maximum Gasteiger partial charge on any atom is 0.138 e. The van der Waals surface area contributed by atoms with E-state index in [-0.39, 0.29) is 0 Å². The molecule has 0 fully saturated rings. The quantitative estimate of drug-likeness (QED) is 0.909. The van der Waals surface area contributed by atoms with Crippen LogP contribution in [0.3, 0.4) is 0 Å². The standard InChI is InChI=1S/C14H15Cl2N3O/c1-2-3-4-13(19-9-17-8-18-19)14(20)11-6-5-10(15)7-12(11)16/h4-9,14,20H,2-3H2,1H3/b13-4+/t14-/m0/s1. The highest BCUT2D eigenvalue weighted by molar-refractivity contribution is 6.35. The Labute approximate surface area is 127 Å². The van der Waals surface area contributed by atoms with Crippen LogP contribution in [0.1, 0.15) is 31.4 Å². The summed E-state index contributed by atoms with van der Waals surface area (Å²) in [6.07, 6.45) is 5.83. The molecule has 1 atom stereocenters. The predicted molar refractivity (Wildman–Crippen MR) is 80.6 cm³/mol. The third-order valence-corrected chi connectivity index (χ3v) is 3.43. The number of nitrogens with zero attached hydrogens (tertiary/aromatic N) is 3. The predicted octanol–water partition coefficient (Wildman–Crippen LogP) is 3.96. The molecule has 1 aromatic carbocycles. The van der Waals surface area contributed by atoms with Gasteiger partial charge in [0.25, 0.3) is 0 Å². The average Bonchev–Trinajstić information content (AvgIpc) is 2.93. The summed E-state index contributed by atoms with van der Waals surface area (Å²) in [6, 6.07) is 5.03. The lowest BCUT2D eigenvalue weighted by Crippen LogP contribution is -2.09. The molecule has 0 saturated heterocycles. The second-order valence-corrected chi connectivity index (χ2v) is 5.17. The van der Waals surface area contributed by atoms with Crippen LogP contribution in [0.4, 0.5) is 0 Å². The van der Waals surface area contributed by atoms with Gasteiger partial charge in [-0.2, -0.15) is 5.10 Å². The van der Waals surface area contributed by atoms with Crippen LogP contribution in [0.5, 0.6) is 0 Å². The molecule has 1 aromatic heterocycles. The van der Waals surface area contributed by atoms with E-state index in [1.54, 1.807) is 29.2 Å². The van der Waals surface area contributed by atoms with Crippen molar-refractivity contribution in [3.63, 3.8) is 0 Å². The molecule has 0 aliphatic heterocycles. The van der Waals surface area contributed by atoms with Crippen molar-refractivity contribution in [1.29, 1.82) is 0 Å². The third-order valence-electron chi connectivity index (χ3n) is 2.86. The minimum absolute atomic E-state index is 0.424. The summed E-state index contributed by atoms with van der Waals surface area (Å²) < 4.78 is 1.55. The molecule has 0 bridgehead atoms.